The van der Waals surface area contributed by atoms with Crippen molar-refractivity contribution < 1.29 is 9.59 Å². The maximum absolute atomic E-state index is 12.9. The summed E-state index contributed by atoms with van der Waals surface area (Å²) in [5, 5.41) is 3.30. The first-order valence-corrected chi connectivity index (χ1v) is 11.5. The number of aromatic nitrogens is 3. The normalized spacial score (nSPS) is 12.8. The van der Waals surface area contributed by atoms with E-state index in [0.29, 0.717) is 31.1 Å². The number of rotatable bonds is 5. The summed E-state index contributed by atoms with van der Waals surface area (Å²) in [5.74, 6) is -0.257. The Morgan fingerprint density at radius 1 is 1.00 bits per heavy atom. The summed E-state index contributed by atoms with van der Waals surface area (Å²) in [6, 6.07) is 18.3. The second kappa shape index (κ2) is 9.30. The molecule has 0 radical (unpaired) electrons. The highest BCUT2D eigenvalue weighted by Crippen LogP contribution is 2.29. The van der Waals surface area contributed by atoms with Crippen molar-refractivity contribution in [1.82, 2.24) is 19.9 Å². The quantitative estimate of drug-likeness (QED) is 0.492. The highest BCUT2D eigenvalue weighted by Gasteiger charge is 2.25. The first kappa shape index (κ1) is 21.0. The lowest BCUT2D eigenvalue weighted by molar-refractivity contribution is -0.131. The largest absolute Gasteiger partial charge is 0.337 e. The van der Waals surface area contributed by atoms with Crippen molar-refractivity contribution in [2.24, 2.45) is 0 Å². The molecule has 0 saturated heterocycles. The Labute approximate surface area is 195 Å². The van der Waals surface area contributed by atoms with Gasteiger partial charge in [0.1, 0.15) is 5.69 Å². The molecule has 1 N–H and O–H groups in total. The number of nitrogens with one attached hydrogen (secondary N) is 1. The zero-order valence-electron chi connectivity index (χ0n) is 17.8. The van der Waals surface area contributed by atoms with Gasteiger partial charge >= 0.3 is 0 Å². The third-order valence-electron chi connectivity index (χ3n) is 5.52. The van der Waals surface area contributed by atoms with Crippen molar-refractivity contribution in [3.63, 3.8) is 0 Å². The van der Waals surface area contributed by atoms with E-state index in [2.05, 4.69) is 44.5 Å². The first-order valence-electron chi connectivity index (χ1n) is 10.6. The molecule has 0 aliphatic carbocycles. The summed E-state index contributed by atoms with van der Waals surface area (Å²) in [7, 11) is 0. The fourth-order valence-electron chi connectivity index (χ4n) is 3.77. The van der Waals surface area contributed by atoms with Gasteiger partial charge in [-0.1, -0.05) is 65.9 Å². The van der Waals surface area contributed by atoms with Crippen LogP contribution in [0, 0.1) is 0 Å². The summed E-state index contributed by atoms with van der Waals surface area (Å²) in [4.78, 5) is 40.5. The molecule has 0 atom stereocenters. The summed E-state index contributed by atoms with van der Waals surface area (Å²) < 4.78 is 0. The van der Waals surface area contributed by atoms with Crippen molar-refractivity contribution in [1.29, 1.82) is 0 Å². The molecule has 0 fully saturated rings. The standard InChI is InChI=1S/C25H21N5O2S/c31-23(14-17-6-8-19(9-7-17)18-4-2-1-3-5-18)30-13-10-20-22(16-30)33-25(28-20)29-24(32)21-15-26-11-12-27-21/h1-9,11-12,15H,10,13-14,16H2,(H,28,29,32). The molecule has 2 amide bonds. The molecule has 1 aliphatic rings. The molecule has 1 aliphatic heterocycles. The van der Waals surface area contributed by atoms with Crippen LogP contribution < -0.4 is 5.32 Å². The van der Waals surface area contributed by atoms with Gasteiger partial charge in [0.2, 0.25) is 5.91 Å². The van der Waals surface area contributed by atoms with Gasteiger partial charge in [0, 0.05) is 30.2 Å². The summed E-state index contributed by atoms with van der Waals surface area (Å²) >= 11 is 1.40. The van der Waals surface area contributed by atoms with E-state index in [4.69, 9.17) is 0 Å². The average molecular weight is 456 g/mol. The zero-order valence-corrected chi connectivity index (χ0v) is 18.6. The van der Waals surface area contributed by atoms with Crippen molar-refractivity contribution in [2.75, 3.05) is 11.9 Å². The number of thiazole rings is 1. The SMILES string of the molecule is O=C(Nc1nc2c(s1)CN(C(=O)Cc1ccc(-c3ccccc3)cc1)CC2)c1cnccn1. The minimum atomic E-state index is -0.346. The lowest BCUT2D eigenvalue weighted by Gasteiger charge is -2.26. The summed E-state index contributed by atoms with van der Waals surface area (Å²) in [5.41, 5.74) is 4.46. The molecule has 0 spiro atoms. The minimum Gasteiger partial charge on any atom is -0.337 e. The lowest BCUT2D eigenvalue weighted by Crippen LogP contribution is -2.36. The lowest BCUT2D eigenvalue weighted by atomic mass is 10.0. The van der Waals surface area contributed by atoms with Crippen LogP contribution in [0.25, 0.3) is 11.1 Å². The van der Waals surface area contributed by atoms with Gasteiger partial charge in [0.15, 0.2) is 5.13 Å². The topological polar surface area (TPSA) is 88.1 Å². The van der Waals surface area contributed by atoms with Crippen molar-refractivity contribution >= 4 is 28.3 Å². The number of hydrogen-bond donors (Lipinski definition) is 1. The number of anilines is 1. The summed E-state index contributed by atoms with van der Waals surface area (Å²) in [6.07, 6.45) is 5.43. The molecule has 0 unspecified atom stereocenters. The molecule has 164 valence electrons. The van der Waals surface area contributed by atoms with Crippen molar-refractivity contribution in [3.8, 4) is 11.1 Å². The van der Waals surface area contributed by atoms with Gasteiger partial charge in [-0.3, -0.25) is 19.9 Å². The molecule has 4 aromatic rings. The van der Waals surface area contributed by atoms with Crippen LogP contribution in [-0.4, -0.2) is 38.2 Å². The Kier molecular flexibility index (Phi) is 5.91. The number of fused-ring (bicyclic) bond motifs is 1. The third kappa shape index (κ3) is 4.80. The molecular formula is C25H21N5O2S. The van der Waals surface area contributed by atoms with E-state index in [-0.39, 0.29) is 17.5 Å². The van der Waals surface area contributed by atoms with E-state index in [0.717, 1.165) is 27.3 Å². The molecule has 5 rings (SSSR count). The second-order valence-corrected chi connectivity index (χ2v) is 8.82. The van der Waals surface area contributed by atoms with Crippen molar-refractivity contribution in [2.45, 2.75) is 19.4 Å². The van der Waals surface area contributed by atoms with Crippen LogP contribution in [0.3, 0.4) is 0 Å². The van der Waals surface area contributed by atoms with Crippen LogP contribution in [-0.2, 0) is 24.2 Å². The highest BCUT2D eigenvalue weighted by atomic mass is 32.1. The number of carbonyl (C=O) groups is 2. The predicted octanol–water partition coefficient (Wildman–Crippen LogP) is 3.98. The Hall–Kier alpha value is -3.91. The first-order chi connectivity index (χ1) is 16.2. The van der Waals surface area contributed by atoms with E-state index in [9.17, 15) is 9.59 Å². The van der Waals surface area contributed by atoms with Crippen LogP contribution in [0.15, 0.2) is 73.2 Å². The Bertz CT molecular complexity index is 1270. The average Bonchev–Trinajstić information content (AvgIpc) is 3.27. The Balaban J connectivity index is 1.21. The van der Waals surface area contributed by atoms with Crippen LogP contribution in [0.5, 0.6) is 0 Å². The Morgan fingerprint density at radius 2 is 1.79 bits per heavy atom. The number of amides is 2. The number of nitrogens with zero attached hydrogens (tertiary/aromatic N) is 4. The molecule has 3 heterocycles. The third-order valence-corrected chi connectivity index (χ3v) is 6.51. The number of carbonyl (C=O) groups excluding carboxylic acids is 2. The maximum Gasteiger partial charge on any atom is 0.277 e. The smallest absolute Gasteiger partial charge is 0.277 e. The monoisotopic (exact) mass is 455 g/mol. The van der Waals surface area contributed by atoms with E-state index in [1.807, 2.05) is 35.2 Å². The van der Waals surface area contributed by atoms with Crippen LogP contribution in [0.2, 0.25) is 0 Å². The van der Waals surface area contributed by atoms with Gasteiger partial charge in [0.05, 0.1) is 24.9 Å². The van der Waals surface area contributed by atoms with Gasteiger partial charge in [-0.25, -0.2) is 9.97 Å². The van der Waals surface area contributed by atoms with E-state index in [1.165, 1.54) is 29.9 Å². The molecule has 8 heteroatoms. The molecule has 0 saturated carbocycles. The van der Waals surface area contributed by atoms with Crippen LogP contribution in [0.4, 0.5) is 5.13 Å². The van der Waals surface area contributed by atoms with E-state index < -0.39 is 0 Å². The molecular weight excluding hydrogens is 434 g/mol. The Morgan fingerprint density at radius 3 is 2.55 bits per heavy atom. The van der Waals surface area contributed by atoms with Gasteiger partial charge in [0.25, 0.3) is 5.91 Å². The van der Waals surface area contributed by atoms with Gasteiger partial charge in [-0.05, 0) is 16.7 Å². The molecule has 2 aromatic carbocycles. The number of benzene rings is 2. The predicted molar refractivity (Wildman–Crippen MR) is 127 cm³/mol. The zero-order chi connectivity index (χ0) is 22.6. The minimum absolute atomic E-state index is 0.0895. The molecule has 33 heavy (non-hydrogen) atoms. The van der Waals surface area contributed by atoms with Crippen molar-refractivity contribution in [3.05, 3.63) is 95.0 Å². The van der Waals surface area contributed by atoms with E-state index in [1.54, 1.807) is 0 Å². The fraction of sp³-hybridized carbons (Fsp3) is 0.160. The maximum atomic E-state index is 12.9. The molecule has 2 aromatic heterocycles. The van der Waals surface area contributed by atoms with Crippen LogP contribution >= 0.6 is 11.3 Å². The summed E-state index contributed by atoms with van der Waals surface area (Å²) in [6.45, 7) is 1.13. The fourth-order valence-corrected chi connectivity index (χ4v) is 4.79. The van der Waals surface area contributed by atoms with E-state index >= 15 is 0 Å². The van der Waals surface area contributed by atoms with Gasteiger partial charge in [-0.2, -0.15) is 0 Å². The molecule has 7 nitrogen and oxygen atoms in total. The number of hydrogen-bond acceptors (Lipinski definition) is 6. The molecule has 0 bridgehead atoms. The van der Waals surface area contributed by atoms with Gasteiger partial charge < -0.3 is 4.90 Å². The highest BCUT2D eigenvalue weighted by molar-refractivity contribution is 7.15. The van der Waals surface area contributed by atoms with Crippen LogP contribution in [0.1, 0.15) is 26.6 Å². The second-order valence-electron chi connectivity index (χ2n) is 7.74. The van der Waals surface area contributed by atoms with Gasteiger partial charge in [-0.15, -0.1) is 0 Å².